The number of rotatable bonds is 6. The SMILES string of the molecule is Cc1cc(C)cc(OCC(O)Cn2c(C3CCCC3)nc3ccccc32)c1.Cl. The summed E-state index contributed by atoms with van der Waals surface area (Å²) in [5.41, 5.74) is 4.46. The fourth-order valence-electron chi connectivity index (χ4n) is 4.25. The summed E-state index contributed by atoms with van der Waals surface area (Å²) in [6, 6.07) is 14.4. The van der Waals surface area contributed by atoms with E-state index in [1.54, 1.807) is 0 Å². The molecule has 1 heterocycles. The Morgan fingerprint density at radius 1 is 1.11 bits per heavy atom. The Balaban J connectivity index is 0.00000225. The highest BCUT2D eigenvalue weighted by molar-refractivity contribution is 5.85. The number of fused-ring (bicyclic) bond motifs is 1. The van der Waals surface area contributed by atoms with Crippen molar-refractivity contribution in [1.29, 1.82) is 0 Å². The summed E-state index contributed by atoms with van der Waals surface area (Å²) < 4.78 is 8.08. The van der Waals surface area contributed by atoms with Gasteiger partial charge in [-0.1, -0.05) is 31.0 Å². The molecule has 0 saturated heterocycles. The molecule has 150 valence electrons. The Morgan fingerprint density at radius 2 is 1.79 bits per heavy atom. The van der Waals surface area contributed by atoms with Gasteiger partial charge in [-0.2, -0.15) is 0 Å². The maximum atomic E-state index is 10.7. The monoisotopic (exact) mass is 400 g/mol. The molecule has 5 heteroatoms. The Kier molecular flexibility index (Phi) is 6.63. The van der Waals surface area contributed by atoms with Crippen LogP contribution in [0.3, 0.4) is 0 Å². The third-order valence-corrected chi connectivity index (χ3v) is 5.44. The first-order valence-corrected chi connectivity index (χ1v) is 9.94. The lowest BCUT2D eigenvalue weighted by molar-refractivity contribution is 0.0924. The number of aromatic nitrogens is 2. The average Bonchev–Trinajstić information content (AvgIpc) is 3.27. The second-order valence-electron chi connectivity index (χ2n) is 7.84. The van der Waals surface area contributed by atoms with Crippen LogP contribution in [0, 0.1) is 13.8 Å². The smallest absolute Gasteiger partial charge is 0.119 e. The molecule has 1 saturated carbocycles. The van der Waals surface area contributed by atoms with Crippen molar-refractivity contribution >= 4 is 23.4 Å². The van der Waals surface area contributed by atoms with Gasteiger partial charge in [-0.15, -0.1) is 12.4 Å². The number of ether oxygens (including phenoxy) is 1. The highest BCUT2D eigenvalue weighted by Gasteiger charge is 2.24. The lowest BCUT2D eigenvalue weighted by Gasteiger charge is -2.18. The molecule has 4 rings (SSSR count). The van der Waals surface area contributed by atoms with Crippen molar-refractivity contribution in [2.24, 2.45) is 0 Å². The largest absolute Gasteiger partial charge is 0.491 e. The van der Waals surface area contributed by atoms with E-state index in [0.29, 0.717) is 12.5 Å². The molecule has 28 heavy (non-hydrogen) atoms. The van der Waals surface area contributed by atoms with Gasteiger partial charge in [0.25, 0.3) is 0 Å². The van der Waals surface area contributed by atoms with E-state index in [1.807, 2.05) is 24.3 Å². The second-order valence-corrected chi connectivity index (χ2v) is 7.84. The summed E-state index contributed by atoms with van der Waals surface area (Å²) in [5.74, 6) is 2.45. The number of para-hydroxylation sites is 2. The van der Waals surface area contributed by atoms with E-state index in [-0.39, 0.29) is 19.0 Å². The van der Waals surface area contributed by atoms with Crippen LogP contribution in [0.15, 0.2) is 42.5 Å². The molecular weight excluding hydrogens is 372 g/mol. The van der Waals surface area contributed by atoms with Crippen LogP contribution in [0.25, 0.3) is 11.0 Å². The van der Waals surface area contributed by atoms with Crippen LogP contribution in [0.2, 0.25) is 0 Å². The van der Waals surface area contributed by atoms with Crippen LogP contribution >= 0.6 is 12.4 Å². The number of imidazole rings is 1. The van der Waals surface area contributed by atoms with Crippen LogP contribution in [0.5, 0.6) is 5.75 Å². The van der Waals surface area contributed by atoms with Gasteiger partial charge in [0.1, 0.15) is 24.3 Å². The van der Waals surface area contributed by atoms with E-state index >= 15 is 0 Å². The Morgan fingerprint density at radius 3 is 2.50 bits per heavy atom. The van der Waals surface area contributed by atoms with Crippen LogP contribution in [0.1, 0.15) is 48.6 Å². The van der Waals surface area contributed by atoms with Crippen molar-refractivity contribution in [3.05, 3.63) is 59.4 Å². The summed E-state index contributed by atoms with van der Waals surface area (Å²) >= 11 is 0. The zero-order valence-electron chi connectivity index (χ0n) is 16.6. The van der Waals surface area contributed by atoms with Gasteiger partial charge >= 0.3 is 0 Å². The quantitative estimate of drug-likeness (QED) is 0.620. The molecule has 1 fully saturated rings. The molecule has 1 N–H and O–H groups in total. The maximum Gasteiger partial charge on any atom is 0.119 e. The minimum Gasteiger partial charge on any atom is -0.491 e. The fourth-order valence-corrected chi connectivity index (χ4v) is 4.25. The lowest BCUT2D eigenvalue weighted by Crippen LogP contribution is -2.25. The number of hydrogen-bond acceptors (Lipinski definition) is 3. The molecular formula is C23H29ClN2O2. The van der Waals surface area contributed by atoms with Crippen LogP contribution < -0.4 is 4.74 Å². The number of benzene rings is 2. The van der Waals surface area contributed by atoms with E-state index in [9.17, 15) is 5.11 Å². The molecule has 1 unspecified atom stereocenters. The molecule has 0 aliphatic heterocycles. The minimum atomic E-state index is -0.580. The highest BCUT2D eigenvalue weighted by Crippen LogP contribution is 2.35. The molecule has 0 spiro atoms. The summed E-state index contributed by atoms with van der Waals surface area (Å²) in [6.45, 7) is 4.90. The molecule has 4 nitrogen and oxygen atoms in total. The third kappa shape index (κ3) is 4.50. The lowest BCUT2D eigenvalue weighted by atomic mass is 10.1. The van der Waals surface area contributed by atoms with Gasteiger partial charge in [0.2, 0.25) is 0 Å². The van der Waals surface area contributed by atoms with E-state index in [4.69, 9.17) is 9.72 Å². The highest BCUT2D eigenvalue weighted by atomic mass is 35.5. The Labute approximate surface area is 173 Å². The summed E-state index contributed by atoms with van der Waals surface area (Å²) in [5, 5.41) is 10.7. The van der Waals surface area contributed by atoms with Crippen molar-refractivity contribution in [2.45, 2.75) is 58.1 Å². The second kappa shape index (κ2) is 8.97. The molecule has 3 aromatic rings. The molecule has 2 aromatic carbocycles. The Bertz CT molecular complexity index is 911. The summed E-state index contributed by atoms with van der Waals surface area (Å²) in [6.07, 6.45) is 4.35. The van der Waals surface area contributed by atoms with Crippen molar-refractivity contribution in [3.63, 3.8) is 0 Å². The van der Waals surface area contributed by atoms with E-state index in [1.165, 1.54) is 36.8 Å². The summed E-state index contributed by atoms with van der Waals surface area (Å²) in [4.78, 5) is 4.90. The normalized spacial score (nSPS) is 15.5. The topological polar surface area (TPSA) is 47.3 Å². The van der Waals surface area contributed by atoms with Gasteiger partial charge in [0.15, 0.2) is 0 Å². The third-order valence-electron chi connectivity index (χ3n) is 5.44. The summed E-state index contributed by atoms with van der Waals surface area (Å²) in [7, 11) is 0. The molecule has 0 radical (unpaired) electrons. The number of aliphatic hydroxyl groups excluding tert-OH is 1. The van der Waals surface area contributed by atoms with Gasteiger partial charge in [-0.05, 0) is 62.1 Å². The van der Waals surface area contributed by atoms with Gasteiger partial charge in [0.05, 0.1) is 17.6 Å². The molecule has 1 atom stereocenters. The molecule has 1 aliphatic rings. The van der Waals surface area contributed by atoms with Crippen LogP contribution in [0.4, 0.5) is 0 Å². The molecule has 0 bridgehead atoms. The number of aryl methyl sites for hydroxylation is 2. The van der Waals surface area contributed by atoms with Crippen molar-refractivity contribution in [2.75, 3.05) is 6.61 Å². The van der Waals surface area contributed by atoms with Gasteiger partial charge < -0.3 is 14.4 Å². The van der Waals surface area contributed by atoms with E-state index in [2.05, 4.69) is 36.6 Å². The standard InChI is InChI=1S/C23H28N2O2.ClH/c1-16-11-17(2)13-20(12-16)27-15-19(26)14-25-22-10-6-5-9-21(22)24-23(25)18-7-3-4-8-18;/h5-6,9-13,18-19,26H,3-4,7-8,14-15H2,1-2H3;1H. The average molecular weight is 401 g/mol. The zero-order valence-corrected chi connectivity index (χ0v) is 17.4. The van der Waals surface area contributed by atoms with Crippen LogP contribution in [-0.2, 0) is 6.54 Å². The first-order valence-electron chi connectivity index (χ1n) is 9.94. The minimum absolute atomic E-state index is 0. The van der Waals surface area contributed by atoms with E-state index in [0.717, 1.165) is 22.6 Å². The van der Waals surface area contributed by atoms with Crippen molar-refractivity contribution < 1.29 is 9.84 Å². The molecule has 1 aromatic heterocycles. The first kappa shape index (κ1) is 20.7. The predicted molar refractivity (Wildman–Crippen MR) is 116 cm³/mol. The van der Waals surface area contributed by atoms with Gasteiger partial charge in [-0.25, -0.2) is 4.98 Å². The van der Waals surface area contributed by atoms with Crippen molar-refractivity contribution in [3.8, 4) is 5.75 Å². The molecule has 0 amide bonds. The first-order chi connectivity index (χ1) is 13.1. The predicted octanol–water partition coefficient (Wildman–Crippen LogP) is 5.17. The van der Waals surface area contributed by atoms with Crippen molar-refractivity contribution in [1.82, 2.24) is 9.55 Å². The zero-order chi connectivity index (χ0) is 18.8. The number of halogens is 1. The van der Waals surface area contributed by atoms with Crippen LogP contribution in [-0.4, -0.2) is 27.4 Å². The number of nitrogens with zero attached hydrogens (tertiary/aromatic N) is 2. The Hall–Kier alpha value is -2.04. The van der Waals surface area contributed by atoms with E-state index < -0.39 is 6.10 Å². The number of hydrogen-bond donors (Lipinski definition) is 1. The van der Waals surface area contributed by atoms with Gasteiger partial charge in [0, 0.05) is 5.92 Å². The number of aliphatic hydroxyl groups is 1. The maximum absolute atomic E-state index is 10.7. The molecule has 1 aliphatic carbocycles. The van der Waals surface area contributed by atoms with Gasteiger partial charge in [-0.3, -0.25) is 0 Å². The fraction of sp³-hybridized carbons (Fsp3) is 0.435.